The van der Waals surface area contributed by atoms with E-state index in [9.17, 15) is 0 Å². The Hall–Kier alpha value is -1.29. The van der Waals surface area contributed by atoms with E-state index in [-0.39, 0.29) is 6.04 Å². The molecule has 2 N–H and O–H groups in total. The lowest BCUT2D eigenvalue weighted by molar-refractivity contribution is 0.598. The summed E-state index contributed by atoms with van der Waals surface area (Å²) < 4.78 is 0. The zero-order valence-electron chi connectivity index (χ0n) is 10.9. The summed E-state index contributed by atoms with van der Waals surface area (Å²) in [6, 6.07) is 10.2. The van der Waals surface area contributed by atoms with Gasteiger partial charge < -0.3 is 10.6 Å². The molecule has 0 saturated carbocycles. The molecule has 1 aliphatic heterocycles. The number of para-hydroxylation sites is 1. The lowest BCUT2D eigenvalue weighted by atomic mass is 9.98. The second kappa shape index (κ2) is 5.60. The molecule has 1 atom stereocenters. The number of nitrogens with two attached hydrogens (primary N) is 1. The second-order valence-electron chi connectivity index (χ2n) is 5.07. The highest BCUT2D eigenvalue weighted by Crippen LogP contribution is 2.29. The van der Waals surface area contributed by atoms with Crippen LogP contribution >= 0.6 is 23.2 Å². The van der Waals surface area contributed by atoms with Crippen molar-refractivity contribution in [3.8, 4) is 0 Å². The number of fused-ring (bicyclic) bond motifs is 1. The summed E-state index contributed by atoms with van der Waals surface area (Å²) >= 11 is 12.1. The van der Waals surface area contributed by atoms with E-state index >= 15 is 0 Å². The van der Waals surface area contributed by atoms with Crippen LogP contribution in [0.15, 0.2) is 36.5 Å². The largest absolute Gasteiger partial charge is 0.365 e. The quantitative estimate of drug-likeness (QED) is 0.866. The first-order valence-corrected chi connectivity index (χ1v) is 7.27. The molecular formula is C15H15Cl2N3. The molecule has 0 radical (unpaired) electrons. The average Bonchev–Trinajstić information content (AvgIpc) is 2.41. The van der Waals surface area contributed by atoms with Crippen LogP contribution in [0.2, 0.25) is 10.2 Å². The van der Waals surface area contributed by atoms with Gasteiger partial charge in [0.25, 0.3) is 0 Å². The molecule has 0 amide bonds. The van der Waals surface area contributed by atoms with E-state index < -0.39 is 0 Å². The summed E-state index contributed by atoms with van der Waals surface area (Å²) in [6.45, 7) is 1.50. The standard InChI is InChI=1S/C15H15Cl2N3/c16-13-6-15(17)19-7-11(13)8-20-9-12(18)5-10-3-1-2-4-14(10)20/h1-4,6-7,12H,5,8-9,18H2. The minimum atomic E-state index is 0.143. The molecule has 20 heavy (non-hydrogen) atoms. The van der Waals surface area contributed by atoms with Gasteiger partial charge in [0.15, 0.2) is 0 Å². The Kier molecular flexibility index (Phi) is 3.83. The number of nitrogens with zero attached hydrogens (tertiary/aromatic N) is 2. The van der Waals surface area contributed by atoms with Crippen LogP contribution in [0.3, 0.4) is 0 Å². The number of hydrogen-bond acceptors (Lipinski definition) is 3. The highest BCUT2D eigenvalue weighted by molar-refractivity contribution is 6.34. The van der Waals surface area contributed by atoms with Crippen molar-refractivity contribution in [2.45, 2.75) is 19.0 Å². The number of pyridine rings is 1. The molecule has 0 spiro atoms. The van der Waals surface area contributed by atoms with Crippen molar-refractivity contribution in [1.29, 1.82) is 0 Å². The van der Waals surface area contributed by atoms with E-state index in [1.165, 1.54) is 11.3 Å². The van der Waals surface area contributed by atoms with Gasteiger partial charge in [-0.2, -0.15) is 0 Å². The van der Waals surface area contributed by atoms with Crippen LogP contribution in [0.4, 0.5) is 5.69 Å². The molecule has 0 bridgehead atoms. The fourth-order valence-corrected chi connectivity index (χ4v) is 3.05. The highest BCUT2D eigenvalue weighted by atomic mass is 35.5. The minimum Gasteiger partial charge on any atom is -0.365 e. The maximum absolute atomic E-state index is 6.23. The van der Waals surface area contributed by atoms with Crippen LogP contribution in [0.25, 0.3) is 0 Å². The minimum absolute atomic E-state index is 0.143. The topological polar surface area (TPSA) is 42.1 Å². The third kappa shape index (κ3) is 2.75. The molecule has 0 aliphatic carbocycles. The molecule has 1 aromatic heterocycles. The Labute approximate surface area is 128 Å². The van der Waals surface area contributed by atoms with Crippen LogP contribution in [0.1, 0.15) is 11.1 Å². The van der Waals surface area contributed by atoms with Gasteiger partial charge in [-0.3, -0.25) is 0 Å². The van der Waals surface area contributed by atoms with Gasteiger partial charge in [-0.05, 0) is 24.1 Å². The van der Waals surface area contributed by atoms with Gasteiger partial charge in [-0.1, -0.05) is 41.4 Å². The smallest absolute Gasteiger partial charge is 0.130 e. The third-order valence-corrected chi connectivity index (χ3v) is 4.09. The third-order valence-electron chi connectivity index (χ3n) is 3.53. The number of anilines is 1. The van der Waals surface area contributed by atoms with Crippen LogP contribution in [-0.4, -0.2) is 17.6 Å². The van der Waals surface area contributed by atoms with E-state index in [1.54, 1.807) is 12.3 Å². The fourth-order valence-electron chi connectivity index (χ4n) is 2.63. The molecule has 2 aromatic rings. The van der Waals surface area contributed by atoms with E-state index in [2.05, 4.69) is 22.0 Å². The molecule has 3 nitrogen and oxygen atoms in total. The Balaban J connectivity index is 1.91. The molecule has 1 unspecified atom stereocenters. The first-order chi connectivity index (χ1) is 9.63. The summed E-state index contributed by atoms with van der Waals surface area (Å²) in [6.07, 6.45) is 2.65. The van der Waals surface area contributed by atoms with Crippen molar-refractivity contribution in [3.63, 3.8) is 0 Å². The Morgan fingerprint density at radius 3 is 2.90 bits per heavy atom. The van der Waals surface area contributed by atoms with Crippen molar-refractivity contribution < 1.29 is 0 Å². The Bertz CT molecular complexity index is 630. The number of benzene rings is 1. The second-order valence-corrected chi connectivity index (χ2v) is 5.87. The lowest BCUT2D eigenvalue weighted by Gasteiger charge is -2.34. The molecule has 3 rings (SSSR count). The number of hydrogen-bond donors (Lipinski definition) is 1. The maximum atomic E-state index is 6.23. The summed E-state index contributed by atoms with van der Waals surface area (Å²) in [4.78, 5) is 6.35. The normalized spacial score (nSPS) is 17.9. The zero-order valence-corrected chi connectivity index (χ0v) is 12.4. The van der Waals surface area contributed by atoms with E-state index in [1.807, 2.05) is 12.1 Å². The summed E-state index contributed by atoms with van der Waals surface area (Å²) in [5.74, 6) is 0. The molecule has 104 valence electrons. The Morgan fingerprint density at radius 2 is 2.10 bits per heavy atom. The van der Waals surface area contributed by atoms with Crippen molar-refractivity contribution in [2.75, 3.05) is 11.4 Å². The molecule has 2 heterocycles. The van der Waals surface area contributed by atoms with Crippen molar-refractivity contribution in [3.05, 3.63) is 57.8 Å². The molecule has 1 aliphatic rings. The fraction of sp³-hybridized carbons (Fsp3) is 0.267. The number of aromatic nitrogens is 1. The van der Waals surface area contributed by atoms with Gasteiger partial charge in [0, 0.05) is 36.6 Å². The van der Waals surface area contributed by atoms with Crippen LogP contribution in [-0.2, 0) is 13.0 Å². The number of halogens is 2. The number of rotatable bonds is 2. The van der Waals surface area contributed by atoms with E-state index in [4.69, 9.17) is 28.9 Å². The predicted octanol–water partition coefficient (Wildman–Crippen LogP) is 3.28. The summed E-state index contributed by atoms with van der Waals surface area (Å²) in [7, 11) is 0. The van der Waals surface area contributed by atoms with Gasteiger partial charge in [0.05, 0.1) is 5.02 Å². The molecular weight excluding hydrogens is 293 g/mol. The van der Waals surface area contributed by atoms with E-state index in [0.29, 0.717) is 16.7 Å². The SMILES string of the molecule is NC1Cc2ccccc2N(Cc2cnc(Cl)cc2Cl)C1. The van der Waals surface area contributed by atoms with Gasteiger partial charge in [0.1, 0.15) is 5.15 Å². The zero-order chi connectivity index (χ0) is 14.1. The summed E-state index contributed by atoms with van der Waals surface area (Å²) in [5.41, 5.74) is 9.61. The van der Waals surface area contributed by atoms with Crippen LogP contribution < -0.4 is 10.6 Å². The van der Waals surface area contributed by atoms with Gasteiger partial charge in [-0.25, -0.2) is 4.98 Å². The molecule has 0 fully saturated rings. The Morgan fingerprint density at radius 1 is 1.30 bits per heavy atom. The lowest BCUT2D eigenvalue weighted by Crippen LogP contribution is -2.42. The molecule has 5 heteroatoms. The first-order valence-electron chi connectivity index (χ1n) is 6.52. The monoisotopic (exact) mass is 307 g/mol. The highest BCUT2D eigenvalue weighted by Gasteiger charge is 2.22. The average molecular weight is 308 g/mol. The van der Waals surface area contributed by atoms with Crippen molar-refractivity contribution in [1.82, 2.24) is 4.98 Å². The van der Waals surface area contributed by atoms with Crippen LogP contribution in [0, 0.1) is 0 Å². The molecule has 1 aromatic carbocycles. The van der Waals surface area contributed by atoms with Crippen molar-refractivity contribution in [2.24, 2.45) is 5.73 Å². The van der Waals surface area contributed by atoms with Gasteiger partial charge >= 0.3 is 0 Å². The van der Waals surface area contributed by atoms with E-state index in [0.717, 1.165) is 18.5 Å². The first kappa shape index (κ1) is 13.7. The van der Waals surface area contributed by atoms with Crippen molar-refractivity contribution >= 4 is 28.9 Å². The molecule has 0 saturated heterocycles. The van der Waals surface area contributed by atoms with Crippen LogP contribution in [0.5, 0.6) is 0 Å². The van der Waals surface area contributed by atoms with Gasteiger partial charge in [0.2, 0.25) is 0 Å². The predicted molar refractivity (Wildman–Crippen MR) is 83.4 cm³/mol. The maximum Gasteiger partial charge on any atom is 0.130 e. The van der Waals surface area contributed by atoms with Gasteiger partial charge in [-0.15, -0.1) is 0 Å². The summed E-state index contributed by atoms with van der Waals surface area (Å²) in [5, 5.41) is 1.05.